The lowest BCUT2D eigenvalue weighted by molar-refractivity contribution is 0.0445. The minimum atomic E-state index is -3.08. The fourth-order valence-electron chi connectivity index (χ4n) is 4.62. The molecule has 1 aliphatic heterocycles. The molecule has 0 aromatic carbocycles. The summed E-state index contributed by atoms with van der Waals surface area (Å²) in [5.41, 5.74) is 7.99. The molecule has 196 valence electrons. The lowest BCUT2D eigenvalue weighted by Gasteiger charge is -2.34. The van der Waals surface area contributed by atoms with E-state index in [2.05, 4.69) is 20.3 Å². The zero-order valence-corrected chi connectivity index (χ0v) is 22.1. The summed E-state index contributed by atoms with van der Waals surface area (Å²) in [5.74, 6) is 1.15. The Labute approximate surface area is 215 Å². The molecule has 5 rings (SSSR count). The molecule has 0 spiro atoms. The number of cyclic esters (lactones) is 1. The number of rotatable bonds is 7. The highest BCUT2D eigenvalue weighted by molar-refractivity contribution is 7.91. The van der Waals surface area contributed by atoms with Crippen LogP contribution in [-0.4, -0.2) is 53.6 Å². The van der Waals surface area contributed by atoms with E-state index in [0.29, 0.717) is 60.0 Å². The van der Waals surface area contributed by atoms with Gasteiger partial charge in [-0.3, -0.25) is 0 Å². The fourth-order valence-corrected chi connectivity index (χ4v) is 5.75. The van der Waals surface area contributed by atoms with Gasteiger partial charge in [0.05, 0.1) is 28.5 Å². The number of sulfone groups is 1. The normalized spacial score (nSPS) is 22.9. The number of esters is 1. The van der Waals surface area contributed by atoms with Crippen molar-refractivity contribution < 1.29 is 22.7 Å². The summed E-state index contributed by atoms with van der Waals surface area (Å²) in [5, 5.41) is 4.40. The standard InChI is InChI=1S/C26H31N5O5S/c1-5-26(3,27)20-12-29-24(36-15-8-16(9-15)37(4,33)34)19-11-28-22(10-18(19)20)30-21-7-6-17-23(31-21)14(2)13-35-25(17)32/h6-7,10-12,14-16H,5,8-9,13,27H2,1-4H3,(H,28,30,31)/t14-,15-,16+,26?/m0/s1. The Hall–Kier alpha value is -3.31. The van der Waals surface area contributed by atoms with Gasteiger partial charge < -0.3 is 20.5 Å². The molecular weight excluding hydrogens is 494 g/mol. The number of nitrogens with zero attached hydrogens (tertiary/aromatic N) is 3. The van der Waals surface area contributed by atoms with Crippen LogP contribution in [0.2, 0.25) is 0 Å². The minimum absolute atomic E-state index is 0.00676. The summed E-state index contributed by atoms with van der Waals surface area (Å²) in [6, 6.07) is 5.32. The van der Waals surface area contributed by atoms with Crippen LogP contribution in [-0.2, 0) is 20.1 Å². The number of fused-ring (bicyclic) bond motifs is 2. The van der Waals surface area contributed by atoms with E-state index in [1.165, 1.54) is 6.26 Å². The average molecular weight is 526 g/mol. The van der Waals surface area contributed by atoms with E-state index in [1.807, 2.05) is 26.8 Å². The number of ether oxygens (including phenoxy) is 2. The molecule has 10 nitrogen and oxygen atoms in total. The zero-order valence-electron chi connectivity index (χ0n) is 21.3. The molecule has 11 heteroatoms. The van der Waals surface area contributed by atoms with Crippen LogP contribution in [0.15, 0.2) is 30.6 Å². The Morgan fingerprint density at radius 2 is 1.95 bits per heavy atom. The van der Waals surface area contributed by atoms with E-state index in [4.69, 9.17) is 15.2 Å². The number of anilines is 2. The van der Waals surface area contributed by atoms with Gasteiger partial charge in [0.1, 0.15) is 17.7 Å². The van der Waals surface area contributed by atoms with Gasteiger partial charge in [-0.15, -0.1) is 0 Å². The van der Waals surface area contributed by atoms with Crippen LogP contribution in [0.5, 0.6) is 5.88 Å². The minimum Gasteiger partial charge on any atom is -0.474 e. The number of carbonyl (C=O) groups excluding carboxylic acids is 1. The van der Waals surface area contributed by atoms with Crippen molar-refractivity contribution in [2.75, 3.05) is 18.2 Å². The summed E-state index contributed by atoms with van der Waals surface area (Å²) in [4.78, 5) is 25.8. The van der Waals surface area contributed by atoms with Crippen molar-refractivity contribution in [2.45, 2.75) is 62.8 Å². The van der Waals surface area contributed by atoms with Crippen LogP contribution in [0.4, 0.5) is 11.6 Å². The summed E-state index contributed by atoms with van der Waals surface area (Å²) >= 11 is 0. The molecule has 1 fully saturated rings. The largest absolute Gasteiger partial charge is 0.474 e. The van der Waals surface area contributed by atoms with Crippen LogP contribution >= 0.6 is 0 Å². The summed E-state index contributed by atoms with van der Waals surface area (Å²) in [6.45, 7) is 6.23. The van der Waals surface area contributed by atoms with Crippen molar-refractivity contribution in [1.29, 1.82) is 0 Å². The van der Waals surface area contributed by atoms with E-state index < -0.39 is 15.4 Å². The lowest BCUT2D eigenvalue weighted by Crippen LogP contribution is -2.42. The molecule has 3 aromatic rings. The Bertz CT molecular complexity index is 1480. The lowest BCUT2D eigenvalue weighted by atomic mass is 9.88. The van der Waals surface area contributed by atoms with Crippen molar-refractivity contribution in [3.05, 3.63) is 47.4 Å². The second-order valence-electron chi connectivity index (χ2n) is 10.3. The number of nitrogens with one attached hydrogen (secondary N) is 1. The maximum absolute atomic E-state index is 12.1. The second-order valence-corrected chi connectivity index (χ2v) is 12.6. The van der Waals surface area contributed by atoms with Gasteiger partial charge in [0.25, 0.3) is 0 Å². The highest BCUT2D eigenvalue weighted by Gasteiger charge is 2.38. The number of nitrogens with two attached hydrogens (primary N) is 1. The molecule has 0 amide bonds. The summed E-state index contributed by atoms with van der Waals surface area (Å²) in [7, 11) is -3.08. The Morgan fingerprint density at radius 1 is 1.19 bits per heavy atom. The molecule has 3 aromatic heterocycles. The number of pyridine rings is 3. The average Bonchev–Trinajstić information content (AvgIpc) is 2.82. The van der Waals surface area contributed by atoms with Gasteiger partial charge in [0, 0.05) is 42.9 Å². The molecule has 0 bridgehead atoms. The highest BCUT2D eigenvalue weighted by Crippen LogP contribution is 2.37. The molecule has 1 unspecified atom stereocenters. The first-order valence-corrected chi connectivity index (χ1v) is 14.3. The van der Waals surface area contributed by atoms with Crippen molar-refractivity contribution in [1.82, 2.24) is 15.0 Å². The first-order valence-electron chi connectivity index (χ1n) is 12.3. The van der Waals surface area contributed by atoms with Gasteiger partial charge in [-0.1, -0.05) is 13.8 Å². The van der Waals surface area contributed by atoms with Gasteiger partial charge in [-0.2, -0.15) is 0 Å². The fraction of sp³-hybridized carbons (Fsp3) is 0.462. The van der Waals surface area contributed by atoms with Crippen LogP contribution in [0.25, 0.3) is 10.8 Å². The molecular formula is C26H31N5O5S. The topological polar surface area (TPSA) is 146 Å². The second kappa shape index (κ2) is 9.21. The molecule has 4 heterocycles. The Balaban J connectivity index is 1.48. The molecule has 1 aliphatic carbocycles. The van der Waals surface area contributed by atoms with Gasteiger partial charge in [-0.25, -0.2) is 28.2 Å². The van der Waals surface area contributed by atoms with Crippen molar-refractivity contribution >= 4 is 38.2 Å². The molecule has 3 N–H and O–H groups in total. The molecule has 0 saturated heterocycles. The predicted octanol–water partition coefficient (Wildman–Crippen LogP) is 3.58. The first-order chi connectivity index (χ1) is 17.5. The van der Waals surface area contributed by atoms with E-state index in [1.54, 1.807) is 24.5 Å². The highest BCUT2D eigenvalue weighted by atomic mass is 32.2. The van der Waals surface area contributed by atoms with Gasteiger partial charge in [0.2, 0.25) is 5.88 Å². The summed E-state index contributed by atoms with van der Waals surface area (Å²) < 4.78 is 34.8. The molecule has 2 atom stereocenters. The monoisotopic (exact) mass is 525 g/mol. The number of hydrogen-bond donors (Lipinski definition) is 2. The third-order valence-electron chi connectivity index (χ3n) is 7.35. The third-order valence-corrected chi connectivity index (χ3v) is 8.95. The summed E-state index contributed by atoms with van der Waals surface area (Å²) in [6.07, 6.45) is 6.01. The van der Waals surface area contributed by atoms with Crippen LogP contribution in [0, 0.1) is 0 Å². The maximum Gasteiger partial charge on any atom is 0.340 e. The smallest absolute Gasteiger partial charge is 0.340 e. The zero-order chi connectivity index (χ0) is 26.5. The first kappa shape index (κ1) is 25.3. The SMILES string of the molecule is CCC(C)(N)c1cnc(O[C@H]2C[C@@H](S(C)(=O)=O)C2)c2cnc(Nc3ccc4c(n3)[C@@H](C)COC4=O)cc12. The van der Waals surface area contributed by atoms with E-state index >= 15 is 0 Å². The molecule has 1 saturated carbocycles. The van der Waals surface area contributed by atoms with Gasteiger partial charge in [0.15, 0.2) is 9.84 Å². The van der Waals surface area contributed by atoms with E-state index in [0.717, 1.165) is 10.9 Å². The van der Waals surface area contributed by atoms with Crippen LogP contribution in [0.3, 0.4) is 0 Å². The third kappa shape index (κ3) is 4.85. The van der Waals surface area contributed by atoms with Crippen LogP contribution < -0.4 is 15.8 Å². The number of carbonyl (C=O) groups is 1. The molecule has 37 heavy (non-hydrogen) atoms. The number of aromatic nitrogens is 3. The van der Waals surface area contributed by atoms with E-state index in [9.17, 15) is 13.2 Å². The van der Waals surface area contributed by atoms with E-state index in [-0.39, 0.29) is 23.2 Å². The Morgan fingerprint density at radius 3 is 2.65 bits per heavy atom. The maximum atomic E-state index is 12.1. The van der Waals surface area contributed by atoms with Crippen molar-refractivity contribution in [3.63, 3.8) is 0 Å². The van der Waals surface area contributed by atoms with Crippen molar-refractivity contribution in [2.24, 2.45) is 5.73 Å². The van der Waals surface area contributed by atoms with Gasteiger partial charge >= 0.3 is 5.97 Å². The van der Waals surface area contributed by atoms with Gasteiger partial charge in [-0.05, 0) is 42.5 Å². The van der Waals surface area contributed by atoms with Crippen LogP contribution in [0.1, 0.15) is 67.6 Å². The quantitative estimate of drug-likeness (QED) is 0.439. The van der Waals surface area contributed by atoms with Crippen molar-refractivity contribution in [3.8, 4) is 5.88 Å². The number of hydrogen-bond acceptors (Lipinski definition) is 10. The predicted molar refractivity (Wildman–Crippen MR) is 140 cm³/mol. The molecule has 2 aliphatic rings. The molecule has 0 radical (unpaired) electrons. The Kier molecular flexibility index (Phi) is 6.31.